The molecule has 0 amide bonds. The topological polar surface area (TPSA) is 86.6 Å². The molecule has 0 radical (unpaired) electrons. The maximum Gasteiger partial charge on any atom is 0.174 e. The number of H-pyrrole nitrogens is 1. The summed E-state index contributed by atoms with van der Waals surface area (Å²) in [5, 5.41) is 18.4. The molecule has 0 bridgehead atoms. The normalized spacial score (nSPS) is 10.1. The van der Waals surface area contributed by atoms with Crippen molar-refractivity contribution in [1.29, 1.82) is 5.26 Å². The lowest BCUT2D eigenvalue weighted by Crippen LogP contribution is -2.17. The summed E-state index contributed by atoms with van der Waals surface area (Å²) in [6.07, 6.45) is 2.32. The van der Waals surface area contributed by atoms with Crippen molar-refractivity contribution in [2.24, 2.45) is 0 Å². The molecule has 0 atom stereocenters. The highest BCUT2D eigenvalue weighted by molar-refractivity contribution is 5.28. The summed E-state index contributed by atoms with van der Waals surface area (Å²) in [6.45, 7) is 1.64. The van der Waals surface area contributed by atoms with Crippen LogP contribution in [0.4, 0.5) is 0 Å². The molecule has 2 rings (SSSR count). The smallest absolute Gasteiger partial charge is 0.174 e. The molecule has 0 spiro atoms. The molecule has 0 unspecified atom stereocenters. The Kier molecular flexibility index (Phi) is 4.90. The van der Waals surface area contributed by atoms with Crippen LogP contribution in [0.15, 0.2) is 30.6 Å². The zero-order valence-corrected chi connectivity index (χ0v) is 10.5. The van der Waals surface area contributed by atoms with E-state index in [0.29, 0.717) is 0 Å². The number of nitrogens with zero attached hydrogens (tertiary/aromatic N) is 3. The third-order valence-corrected chi connectivity index (χ3v) is 2.53. The SMILES string of the molecule is N#CCOc1cccc(CNCCc2ncn[nH]2)c1. The van der Waals surface area contributed by atoms with Crippen molar-refractivity contribution in [1.82, 2.24) is 20.5 Å². The second-order valence-electron chi connectivity index (χ2n) is 3.95. The van der Waals surface area contributed by atoms with Crippen LogP contribution < -0.4 is 10.1 Å². The maximum atomic E-state index is 8.46. The molecule has 98 valence electrons. The van der Waals surface area contributed by atoms with E-state index < -0.39 is 0 Å². The number of ether oxygens (including phenoxy) is 1. The largest absolute Gasteiger partial charge is 0.479 e. The number of hydrogen-bond donors (Lipinski definition) is 2. The number of benzene rings is 1. The van der Waals surface area contributed by atoms with Crippen LogP contribution >= 0.6 is 0 Å². The van der Waals surface area contributed by atoms with Crippen LogP contribution in [-0.2, 0) is 13.0 Å². The minimum absolute atomic E-state index is 0.0718. The average Bonchev–Trinajstić information content (AvgIpc) is 2.95. The Hall–Kier alpha value is -2.39. The fourth-order valence-corrected chi connectivity index (χ4v) is 1.65. The lowest BCUT2D eigenvalue weighted by Gasteiger charge is -2.06. The molecule has 0 aliphatic heterocycles. The number of nitrogens with one attached hydrogen (secondary N) is 2. The van der Waals surface area contributed by atoms with Gasteiger partial charge in [0.2, 0.25) is 0 Å². The second kappa shape index (κ2) is 7.13. The van der Waals surface area contributed by atoms with E-state index in [0.717, 1.165) is 36.6 Å². The standard InChI is InChI=1S/C13H15N5O/c14-5-7-19-12-3-1-2-11(8-12)9-15-6-4-13-16-10-17-18-13/h1-3,8,10,15H,4,6-7,9H2,(H,16,17,18). The molecule has 0 aliphatic carbocycles. The van der Waals surface area contributed by atoms with Crippen molar-refractivity contribution in [3.8, 4) is 11.8 Å². The predicted octanol–water partition coefficient (Wildman–Crippen LogP) is 1.04. The van der Waals surface area contributed by atoms with Gasteiger partial charge >= 0.3 is 0 Å². The quantitative estimate of drug-likeness (QED) is 0.724. The summed E-state index contributed by atoms with van der Waals surface area (Å²) in [6, 6.07) is 9.65. The first-order valence-electron chi connectivity index (χ1n) is 6.02. The summed E-state index contributed by atoms with van der Waals surface area (Å²) < 4.78 is 5.25. The maximum absolute atomic E-state index is 8.46. The van der Waals surface area contributed by atoms with Crippen LogP contribution in [0.25, 0.3) is 0 Å². The molecular formula is C13H15N5O. The molecule has 0 saturated heterocycles. The van der Waals surface area contributed by atoms with Gasteiger partial charge in [-0.3, -0.25) is 5.10 Å². The van der Waals surface area contributed by atoms with Crippen LogP contribution in [0.2, 0.25) is 0 Å². The van der Waals surface area contributed by atoms with Crippen molar-refractivity contribution >= 4 is 0 Å². The molecular weight excluding hydrogens is 242 g/mol. The third-order valence-electron chi connectivity index (χ3n) is 2.53. The van der Waals surface area contributed by atoms with E-state index >= 15 is 0 Å². The molecule has 2 aromatic rings. The molecule has 1 heterocycles. The molecule has 19 heavy (non-hydrogen) atoms. The highest BCUT2D eigenvalue weighted by Crippen LogP contribution is 2.12. The summed E-state index contributed by atoms with van der Waals surface area (Å²) in [5.74, 6) is 1.59. The van der Waals surface area contributed by atoms with Crippen molar-refractivity contribution in [2.75, 3.05) is 13.2 Å². The van der Waals surface area contributed by atoms with E-state index in [1.165, 1.54) is 6.33 Å². The van der Waals surface area contributed by atoms with E-state index in [4.69, 9.17) is 10.00 Å². The number of nitriles is 1. The van der Waals surface area contributed by atoms with Gasteiger partial charge in [-0.05, 0) is 17.7 Å². The molecule has 0 fully saturated rings. The number of rotatable bonds is 7. The van der Waals surface area contributed by atoms with Crippen LogP contribution in [-0.4, -0.2) is 28.3 Å². The lowest BCUT2D eigenvalue weighted by atomic mass is 10.2. The second-order valence-corrected chi connectivity index (χ2v) is 3.95. The lowest BCUT2D eigenvalue weighted by molar-refractivity contribution is 0.367. The first-order chi connectivity index (χ1) is 9.38. The first-order valence-corrected chi connectivity index (χ1v) is 6.02. The predicted molar refractivity (Wildman–Crippen MR) is 69.3 cm³/mol. The Labute approximate surface area is 111 Å². The Morgan fingerprint density at radius 2 is 2.37 bits per heavy atom. The van der Waals surface area contributed by atoms with Gasteiger partial charge in [-0.1, -0.05) is 12.1 Å². The van der Waals surface area contributed by atoms with Gasteiger partial charge in [0, 0.05) is 19.5 Å². The monoisotopic (exact) mass is 257 g/mol. The average molecular weight is 257 g/mol. The van der Waals surface area contributed by atoms with Gasteiger partial charge in [-0.25, -0.2) is 4.98 Å². The van der Waals surface area contributed by atoms with E-state index in [2.05, 4.69) is 20.5 Å². The number of hydrogen-bond acceptors (Lipinski definition) is 5. The highest BCUT2D eigenvalue weighted by atomic mass is 16.5. The zero-order valence-electron chi connectivity index (χ0n) is 10.5. The van der Waals surface area contributed by atoms with Crippen LogP contribution in [0.1, 0.15) is 11.4 Å². The van der Waals surface area contributed by atoms with Crippen molar-refractivity contribution in [2.45, 2.75) is 13.0 Å². The van der Waals surface area contributed by atoms with E-state index in [1.54, 1.807) is 0 Å². The molecule has 0 saturated carbocycles. The molecule has 2 N–H and O–H groups in total. The Bertz CT molecular complexity index is 532. The van der Waals surface area contributed by atoms with Gasteiger partial charge in [-0.2, -0.15) is 10.4 Å². The van der Waals surface area contributed by atoms with Gasteiger partial charge in [0.15, 0.2) is 6.61 Å². The number of aromatic nitrogens is 3. The zero-order chi connectivity index (χ0) is 13.3. The summed E-state index contributed by atoms with van der Waals surface area (Å²) in [4.78, 5) is 4.05. The van der Waals surface area contributed by atoms with E-state index in [-0.39, 0.29) is 6.61 Å². The summed E-state index contributed by atoms with van der Waals surface area (Å²) in [7, 11) is 0. The van der Waals surface area contributed by atoms with Crippen LogP contribution in [0.5, 0.6) is 5.75 Å². The molecule has 6 heteroatoms. The van der Waals surface area contributed by atoms with Gasteiger partial charge in [-0.15, -0.1) is 0 Å². The van der Waals surface area contributed by atoms with E-state index in [9.17, 15) is 0 Å². The van der Waals surface area contributed by atoms with Crippen LogP contribution in [0, 0.1) is 11.3 Å². The minimum Gasteiger partial charge on any atom is -0.479 e. The minimum atomic E-state index is 0.0718. The summed E-state index contributed by atoms with van der Waals surface area (Å²) >= 11 is 0. The Balaban J connectivity index is 1.74. The van der Waals surface area contributed by atoms with Gasteiger partial charge in [0.05, 0.1) is 0 Å². The molecule has 6 nitrogen and oxygen atoms in total. The van der Waals surface area contributed by atoms with Crippen molar-refractivity contribution in [3.63, 3.8) is 0 Å². The fourth-order valence-electron chi connectivity index (χ4n) is 1.65. The summed E-state index contributed by atoms with van der Waals surface area (Å²) in [5.41, 5.74) is 1.12. The van der Waals surface area contributed by atoms with Gasteiger partial charge < -0.3 is 10.1 Å². The van der Waals surface area contributed by atoms with E-state index in [1.807, 2.05) is 30.3 Å². The number of aromatic amines is 1. The van der Waals surface area contributed by atoms with Gasteiger partial charge in [0.1, 0.15) is 24.0 Å². The molecule has 1 aromatic carbocycles. The highest BCUT2D eigenvalue weighted by Gasteiger charge is 1.98. The fraction of sp³-hybridized carbons (Fsp3) is 0.308. The van der Waals surface area contributed by atoms with Crippen molar-refractivity contribution < 1.29 is 4.74 Å². The first kappa shape index (κ1) is 13.1. The van der Waals surface area contributed by atoms with Crippen LogP contribution in [0.3, 0.4) is 0 Å². The Morgan fingerprint density at radius 1 is 1.42 bits per heavy atom. The Morgan fingerprint density at radius 3 is 3.16 bits per heavy atom. The van der Waals surface area contributed by atoms with Crippen molar-refractivity contribution in [3.05, 3.63) is 42.0 Å². The van der Waals surface area contributed by atoms with Gasteiger partial charge in [0.25, 0.3) is 0 Å². The third kappa shape index (κ3) is 4.41. The molecule has 1 aromatic heterocycles. The molecule has 0 aliphatic rings.